The lowest BCUT2D eigenvalue weighted by molar-refractivity contribution is -0.279. The Kier molecular flexibility index (Phi) is 5.78. The molecule has 24 heavy (non-hydrogen) atoms. The summed E-state index contributed by atoms with van der Waals surface area (Å²) in [5.41, 5.74) is 3.08. The second-order valence-corrected chi connectivity index (χ2v) is 6.85. The summed E-state index contributed by atoms with van der Waals surface area (Å²) in [7, 11) is 0. The van der Waals surface area contributed by atoms with Crippen LogP contribution < -0.4 is 5.32 Å². The maximum Gasteiger partial charge on any atom is 0.162 e. The second-order valence-electron chi connectivity index (χ2n) is 6.85. The van der Waals surface area contributed by atoms with Gasteiger partial charge in [-0.3, -0.25) is 9.97 Å². The molecule has 2 aromatic heterocycles. The smallest absolute Gasteiger partial charge is 0.162 e. The van der Waals surface area contributed by atoms with E-state index in [1.807, 2.05) is 40.0 Å². The zero-order valence-electron chi connectivity index (χ0n) is 15.6. The molecule has 0 aliphatic carbocycles. The topological polar surface area (TPSA) is 56.3 Å². The third-order valence-corrected chi connectivity index (χ3v) is 4.09. The summed E-state index contributed by atoms with van der Waals surface area (Å²) >= 11 is 0. The fourth-order valence-corrected chi connectivity index (χ4v) is 2.56. The molecule has 3 heterocycles. The summed E-state index contributed by atoms with van der Waals surface area (Å²) in [5.74, 6) is -0.482. The number of aromatic nitrogens is 2. The molecule has 132 valence electrons. The van der Waals surface area contributed by atoms with Crippen molar-refractivity contribution < 1.29 is 9.47 Å². The van der Waals surface area contributed by atoms with Crippen LogP contribution in [-0.2, 0) is 9.47 Å². The van der Waals surface area contributed by atoms with Crippen LogP contribution in [0.1, 0.15) is 40.2 Å². The number of hydrogen-bond acceptors (Lipinski definition) is 5. The van der Waals surface area contributed by atoms with Gasteiger partial charge in [-0.1, -0.05) is 20.8 Å². The molecule has 0 radical (unpaired) electrons. The van der Waals surface area contributed by atoms with Gasteiger partial charge in [0.05, 0.1) is 24.9 Å². The molecule has 0 saturated carbocycles. The monoisotopic (exact) mass is 331 g/mol. The minimum atomic E-state index is -0.482. The van der Waals surface area contributed by atoms with Crippen LogP contribution in [0.4, 0.5) is 5.69 Å². The first-order chi connectivity index (χ1) is 11.4. The molecule has 0 atom stereocenters. The first-order valence-electron chi connectivity index (χ1n) is 8.60. The van der Waals surface area contributed by atoms with Crippen LogP contribution >= 0.6 is 0 Å². The van der Waals surface area contributed by atoms with Crippen LogP contribution in [-0.4, -0.2) is 35.5 Å². The van der Waals surface area contributed by atoms with Gasteiger partial charge < -0.3 is 14.8 Å². The first kappa shape index (κ1) is 18.6. The highest BCUT2D eigenvalue weighted by Gasteiger charge is 2.36. The third-order valence-electron chi connectivity index (χ3n) is 4.09. The lowest BCUT2D eigenvalue weighted by Crippen LogP contribution is -2.48. The molecule has 0 bridgehead atoms. The Bertz CT molecular complexity index is 675. The van der Waals surface area contributed by atoms with Gasteiger partial charge in [-0.2, -0.15) is 0 Å². The molecule has 0 amide bonds. The summed E-state index contributed by atoms with van der Waals surface area (Å²) in [6.45, 7) is 14.3. The van der Waals surface area contributed by atoms with Crippen molar-refractivity contribution >= 4 is 16.6 Å². The van der Waals surface area contributed by atoms with E-state index in [2.05, 4.69) is 29.1 Å². The van der Waals surface area contributed by atoms with E-state index in [1.54, 1.807) is 12.4 Å². The normalized spacial score (nSPS) is 18.6. The zero-order chi connectivity index (χ0) is 17.8. The van der Waals surface area contributed by atoms with Gasteiger partial charge in [0.15, 0.2) is 5.79 Å². The number of anilines is 1. The Hall–Kier alpha value is -1.72. The Balaban J connectivity index is 0.00000100. The fourth-order valence-electron chi connectivity index (χ4n) is 2.56. The van der Waals surface area contributed by atoms with Crippen LogP contribution in [0.2, 0.25) is 0 Å². The maximum absolute atomic E-state index is 5.80. The summed E-state index contributed by atoms with van der Waals surface area (Å²) in [5, 5.41) is 4.66. The van der Waals surface area contributed by atoms with Crippen molar-refractivity contribution in [2.24, 2.45) is 5.41 Å². The van der Waals surface area contributed by atoms with E-state index in [9.17, 15) is 0 Å². The van der Waals surface area contributed by atoms with E-state index in [-0.39, 0.29) is 5.41 Å². The SMILES string of the molecule is CC.Cc1cnc2cnccc2c1NCC1(C)COC(C)(C)OC1. The highest BCUT2D eigenvalue weighted by Crippen LogP contribution is 2.31. The first-order valence-corrected chi connectivity index (χ1v) is 8.60. The molecule has 5 heteroatoms. The number of nitrogens with one attached hydrogen (secondary N) is 1. The van der Waals surface area contributed by atoms with Crippen molar-refractivity contribution in [1.82, 2.24) is 9.97 Å². The van der Waals surface area contributed by atoms with Crippen molar-refractivity contribution in [3.05, 3.63) is 30.2 Å². The van der Waals surface area contributed by atoms with Gasteiger partial charge in [-0.15, -0.1) is 0 Å². The lowest BCUT2D eigenvalue weighted by Gasteiger charge is -2.41. The quantitative estimate of drug-likeness (QED) is 0.915. The van der Waals surface area contributed by atoms with Gasteiger partial charge in [0.1, 0.15) is 0 Å². The molecule has 1 aliphatic heterocycles. The fraction of sp³-hybridized carbons (Fsp3) is 0.579. The number of rotatable bonds is 3. The van der Waals surface area contributed by atoms with Crippen LogP contribution in [0.25, 0.3) is 10.9 Å². The molecule has 1 saturated heterocycles. The molecule has 1 N–H and O–H groups in total. The lowest BCUT2D eigenvalue weighted by atomic mass is 9.91. The molecule has 1 fully saturated rings. The largest absolute Gasteiger partial charge is 0.384 e. The van der Waals surface area contributed by atoms with Gasteiger partial charge in [0, 0.05) is 35.4 Å². The van der Waals surface area contributed by atoms with Crippen LogP contribution in [0.3, 0.4) is 0 Å². The van der Waals surface area contributed by atoms with Crippen molar-refractivity contribution in [1.29, 1.82) is 0 Å². The average molecular weight is 331 g/mol. The van der Waals surface area contributed by atoms with Crippen LogP contribution in [0.5, 0.6) is 0 Å². The Labute approximate surface area is 144 Å². The van der Waals surface area contributed by atoms with E-state index >= 15 is 0 Å². The Morgan fingerprint density at radius 2 is 1.79 bits per heavy atom. The standard InChI is InChI=1S/C17H23N3O2.C2H6/c1-12-7-19-14-8-18-6-5-13(14)15(12)20-9-17(4)10-21-16(2,3)22-11-17;1-2/h5-8H,9-11H2,1-4H3,(H,19,20);1-2H3. The molecule has 5 nitrogen and oxygen atoms in total. The van der Waals surface area contributed by atoms with Crippen LogP contribution in [0, 0.1) is 12.3 Å². The molecule has 1 aliphatic rings. The summed E-state index contributed by atoms with van der Waals surface area (Å²) in [6, 6.07) is 2.00. The predicted octanol–water partition coefficient (Wildman–Crippen LogP) is 4.17. The van der Waals surface area contributed by atoms with E-state index in [0.717, 1.165) is 28.7 Å². The highest BCUT2D eigenvalue weighted by atomic mass is 16.7. The minimum Gasteiger partial charge on any atom is -0.384 e. The number of nitrogens with zero attached hydrogens (tertiary/aromatic N) is 2. The summed E-state index contributed by atoms with van der Waals surface area (Å²) in [4.78, 5) is 8.55. The molecule has 2 aromatic rings. The maximum atomic E-state index is 5.80. The molecule has 3 rings (SSSR count). The summed E-state index contributed by atoms with van der Waals surface area (Å²) in [6.07, 6.45) is 5.47. The molecule has 0 unspecified atom stereocenters. The van der Waals surface area contributed by atoms with Gasteiger partial charge in [-0.05, 0) is 32.4 Å². The molecular weight excluding hydrogens is 302 g/mol. The number of ether oxygens (including phenoxy) is 2. The number of pyridine rings is 2. The molecular formula is C19H29N3O2. The van der Waals surface area contributed by atoms with Crippen molar-refractivity contribution in [3.63, 3.8) is 0 Å². The number of aryl methyl sites for hydroxylation is 1. The van der Waals surface area contributed by atoms with Crippen molar-refractivity contribution in [2.45, 2.75) is 47.3 Å². The second kappa shape index (κ2) is 7.45. The average Bonchev–Trinajstić information content (AvgIpc) is 2.59. The zero-order valence-corrected chi connectivity index (χ0v) is 15.6. The Morgan fingerprint density at radius 1 is 1.12 bits per heavy atom. The Morgan fingerprint density at radius 3 is 2.46 bits per heavy atom. The number of fused-ring (bicyclic) bond motifs is 1. The van der Waals surface area contributed by atoms with E-state index in [1.165, 1.54) is 0 Å². The van der Waals surface area contributed by atoms with Gasteiger partial charge in [0.25, 0.3) is 0 Å². The van der Waals surface area contributed by atoms with Gasteiger partial charge in [-0.25, -0.2) is 0 Å². The van der Waals surface area contributed by atoms with E-state index < -0.39 is 5.79 Å². The van der Waals surface area contributed by atoms with Gasteiger partial charge >= 0.3 is 0 Å². The minimum absolute atomic E-state index is 0.0510. The van der Waals surface area contributed by atoms with Crippen molar-refractivity contribution in [3.8, 4) is 0 Å². The van der Waals surface area contributed by atoms with Gasteiger partial charge in [0.2, 0.25) is 0 Å². The summed E-state index contributed by atoms with van der Waals surface area (Å²) < 4.78 is 11.6. The molecule has 0 spiro atoms. The number of hydrogen-bond donors (Lipinski definition) is 1. The third kappa shape index (κ3) is 4.22. The highest BCUT2D eigenvalue weighted by molar-refractivity contribution is 5.92. The van der Waals surface area contributed by atoms with E-state index in [4.69, 9.17) is 9.47 Å². The van der Waals surface area contributed by atoms with E-state index in [0.29, 0.717) is 13.2 Å². The molecule has 0 aromatic carbocycles. The van der Waals surface area contributed by atoms with Crippen LogP contribution in [0.15, 0.2) is 24.7 Å². The van der Waals surface area contributed by atoms with Crippen molar-refractivity contribution in [2.75, 3.05) is 25.1 Å². The predicted molar refractivity (Wildman–Crippen MR) is 98.2 cm³/mol.